The fraction of sp³-hybridized carbons (Fsp3) is 0.556. The second-order valence-electron chi connectivity index (χ2n) is 2.03. The van der Waals surface area contributed by atoms with Crippen LogP contribution < -0.4 is 0 Å². The molecule has 52 valence electrons. The summed E-state index contributed by atoms with van der Waals surface area (Å²) in [5, 5.41) is 0. The van der Waals surface area contributed by atoms with E-state index in [4.69, 9.17) is 0 Å². The molecule has 0 N–H and O–H groups in total. The Bertz CT molecular complexity index is 88.2. The Morgan fingerprint density at radius 2 is 1.67 bits per heavy atom. The maximum absolute atomic E-state index is 2.24. The fourth-order valence-electron chi connectivity index (χ4n) is 0.644. The average Bonchev–Trinajstić information content (AvgIpc) is 1.89. The number of rotatable bonds is 4. The maximum Gasteiger partial charge on any atom is -0.0316 e. The summed E-state index contributed by atoms with van der Waals surface area (Å²) in [5.74, 6) is 0. The van der Waals surface area contributed by atoms with Gasteiger partial charge in [-0.05, 0) is 26.2 Å². The van der Waals surface area contributed by atoms with Gasteiger partial charge in [0.25, 0.3) is 0 Å². The lowest BCUT2D eigenvalue weighted by Crippen LogP contribution is -1.62. The van der Waals surface area contributed by atoms with Gasteiger partial charge in [0.1, 0.15) is 0 Å². The molecule has 0 spiro atoms. The molecule has 0 aliphatic heterocycles. The molecule has 0 nitrogen and oxygen atoms in total. The summed E-state index contributed by atoms with van der Waals surface area (Å²) in [6.45, 7) is 4.22. The van der Waals surface area contributed by atoms with Crippen LogP contribution in [0.5, 0.6) is 0 Å². The first kappa shape index (κ1) is 8.48. The molecule has 0 rings (SSSR count). The van der Waals surface area contributed by atoms with Gasteiger partial charge in [-0.15, -0.1) is 0 Å². The minimum atomic E-state index is 1.16. The molecule has 0 aliphatic carbocycles. The highest BCUT2D eigenvalue weighted by Gasteiger charge is 1.72. The first-order valence-corrected chi connectivity index (χ1v) is 3.68. The molecule has 0 atom stereocenters. The molecule has 0 aliphatic rings. The van der Waals surface area contributed by atoms with E-state index in [0.717, 1.165) is 6.42 Å². The zero-order valence-corrected chi connectivity index (χ0v) is 6.43. The molecule has 0 amide bonds. The lowest BCUT2D eigenvalue weighted by molar-refractivity contribution is 1.03. The highest BCUT2D eigenvalue weighted by molar-refractivity contribution is 4.85. The fourth-order valence-corrected chi connectivity index (χ4v) is 0.644. The lowest BCUT2D eigenvalue weighted by atomic mass is 10.2. The Morgan fingerprint density at radius 1 is 1.00 bits per heavy atom. The van der Waals surface area contributed by atoms with Gasteiger partial charge in [-0.3, -0.25) is 0 Å². The van der Waals surface area contributed by atoms with E-state index in [0.29, 0.717) is 0 Å². The number of hydrogen-bond acceptors (Lipinski definition) is 0. The molecule has 0 saturated carbocycles. The van der Waals surface area contributed by atoms with Crippen LogP contribution in [-0.4, -0.2) is 0 Å². The molecule has 0 radical (unpaired) electrons. The van der Waals surface area contributed by atoms with Gasteiger partial charge in [0.15, 0.2) is 0 Å². The van der Waals surface area contributed by atoms with Crippen LogP contribution in [0.3, 0.4) is 0 Å². The van der Waals surface area contributed by atoms with Gasteiger partial charge in [0.2, 0.25) is 0 Å². The summed E-state index contributed by atoms with van der Waals surface area (Å²) >= 11 is 0. The second kappa shape index (κ2) is 7.48. The van der Waals surface area contributed by atoms with Crippen molar-refractivity contribution in [3.63, 3.8) is 0 Å². The van der Waals surface area contributed by atoms with Gasteiger partial charge in [-0.1, -0.05) is 31.2 Å². The van der Waals surface area contributed by atoms with Crippen LogP contribution in [-0.2, 0) is 0 Å². The van der Waals surface area contributed by atoms with Crippen molar-refractivity contribution in [2.75, 3.05) is 0 Å². The normalized spacial score (nSPS) is 11.8. The predicted molar refractivity (Wildman–Crippen MR) is 43.5 cm³/mol. The van der Waals surface area contributed by atoms with E-state index < -0.39 is 0 Å². The van der Waals surface area contributed by atoms with Crippen LogP contribution in [0, 0.1) is 0 Å². The summed E-state index contributed by atoms with van der Waals surface area (Å²) in [5.41, 5.74) is 0. The van der Waals surface area contributed by atoms with E-state index in [1.807, 2.05) is 0 Å². The molecule has 0 heteroatoms. The van der Waals surface area contributed by atoms with Crippen LogP contribution in [0.1, 0.15) is 33.1 Å². The van der Waals surface area contributed by atoms with Crippen molar-refractivity contribution in [1.82, 2.24) is 0 Å². The van der Waals surface area contributed by atoms with Gasteiger partial charge in [0, 0.05) is 0 Å². The largest absolute Gasteiger partial charge is 0.0917 e. The monoisotopic (exact) mass is 124 g/mol. The van der Waals surface area contributed by atoms with E-state index in [1.165, 1.54) is 12.8 Å². The molecule has 0 bridgehead atoms. The van der Waals surface area contributed by atoms with Gasteiger partial charge in [0.05, 0.1) is 0 Å². The number of allylic oxidation sites excluding steroid dienone is 4. The summed E-state index contributed by atoms with van der Waals surface area (Å²) in [6, 6.07) is 0. The van der Waals surface area contributed by atoms with Crippen LogP contribution in [0.2, 0.25) is 0 Å². The minimum Gasteiger partial charge on any atom is -0.0917 e. The maximum atomic E-state index is 2.24. The summed E-state index contributed by atoms with van der Waals surface area (Å²) in [7, 11) is 0. The third kappa shape index (κ3) is 7.48. The highest BCUT2D eigenvalue weighted by atomic mass is 13.8. The first-order valence-electron chi connectivity index (χ1n) is 3.68. The standard InChI is InChI=1S/C9H16/c1-3-5-7-9-8-6-4-2/h3,5-6,8H,4,7,9H2,1-2H3/b5-3-,8-6?. The Kier molecular flexibility index (Phi) is 7.05. The molecule has 9 heavy (non-hydrogen) atoms. The first-order chi connectivity index (χ1) is 4.41. The third-order valence-electron chi connectivity index (χ3n) is 1.14. The Balaban J connectivity index is 2.99. The average molecular weight is 124 g/mol. The highest BCUT2D eigenvalue weighted by Crippen LogP contribution is 1.93. The number of hydrogen-bond donors (Lipinski definition) is 0. The second-order valence-corrected chi connectivity index (χ2v) is 2.03. The molecule has 0 aromatic heterocycles. The van der Waals surface area contributed by atoms with Crippen molar-refractivity contribution in [1.29, 1.82) is 0 Å². The van der Waals surface area contributed by atoms with Gasteiger partial charge < -0.3 is 0 Å². The Morgan fingerprint density at radius 3 is 2.22 bits per heavy atom. The third-order valence-corrected chi connectivity index (χ3v) is 1.14. The molecular weight excluding hydrogens is 108 g/mol. The molecular formula is C9H16. The van der Waals surface area contributed by atoms with Crippen molar-refractivity contribution >= 4 is 0 Å². The van der Waals surface area contributed by atoms with Gasteiger partial charge in [-0.2, -0.15) is 0 Å². The lowest BCUT2D eigenvalue weighted by Gasteiger charge is -1.83. The predicted octanol–water partition coefficient (Wildman–Crippen LogP) is 3.31. The van der Waals surface area contributed by atoms with Crippen LogP contribution in [0.4, 0.5) is 0 Å². The van der Waals surface area contributed by atoms with Gasteiger partial charge >= 0.3 is 0 Å². The molecule has 0 saturated heterocycles. The van der Waals surface area contributed by atoms with Crippen molar-refractivity contribution in [2.45, 2.75) is 33.1 Å². The van der Waals surface area contributed by atoms with E-state index in [9.17, 15) is 0 Å². The topological polar surface area (TPSA) is 0 Å². The zero-order valence-electron chi connectivity index (χ0n) is 6.43. The van der Waals surface area contributed by atoms with Crippen LogP contribution in [0.15, 0.2) is 24.3 Å². The quantitative estimate of drug-likeness (QED) is 0.398. The minimum absolute atomic E-state index is 1.16. The SMILES string of the molecule is C/C=C\CCC=CCC. The van der Waals surface area contributed by atoms with Crippen molar-refractivity contribution in [3.8, 4) is 0 Å². The van der Waals surface area contributed by atoms with E-state index in [2.05, 4.69) is 38.2 Å². The van der Waals surface area contributed by atoms with E-state index in [-0.39, 0.29) is 0 Å². The van der Waals surface area contributed by atoms with Crippen LogP contribution >= 0.6 is 0 Å². The molecule has 0 aromatic carbocycles. The van der Waals surface area contributed by atoms with Gasteiger partial charge in [-0.25, -0.2) is 0 Å². The summed E-state index contributed by atoms with van der Waals surface area (Å²) in [6.07, 6.45) is 12.3. The molecule has 0 aromatic rings. The molecule has 0 fully saturated rings. The Labute approximate surface area is 58.3 Å². The van der Waals surface area contributed by atoms with E-state index in [1.54, 1.807) is 0 Å². The molecule has 0 heterocycles. The van der Waals surface area contributed by atoms with Crippen LogP contribution in [0.25, 0.3) is 0 Å². The van der Waals surface area contributed by atoms with Crippen molar-refractivity contribution in [2.24, 2.45) is 0 Å². The zero-order chi connectivity index (χ0) is 6.95. The van der Waals surface area contributed by atoms with Crippen molar-refractivity contribution in [3.05, 3.63) is 24.3 Å². The number of unbranched alkanes of at least 4 members (excludes halogenated alkanes) is 1. The molecule has 0 unspecified atom stereocenters. The summed E-state index contributed by atoms with van der Waals surface area (Å²) in [4.78, 5) is 0. The van der Waals surface area contributed by atoms with E-state index >= 15 is 0 Å². The summed E-state index contributed by atoms with van der Waals surface area (Å²) < 4.78 is 0. The smallest absolute Gasteiger partial charge is 0.0316 e. The van der Waals surface area contributed by atoms with Crippen molar-refractivity contribution < 1.29 is 0 Å². The Hall–Kier alpha value is -0.520.